The van der Waals surface area contributed by atoms with Crippen molar-refractivity contribution in [3.63, 3.8) is 0 Å². The van der Waals surface area contributed by atoms with Crippen molar-refractivity contribution >= 4 is 33.6 Å². The van der Waals surface area contributed by atoms with Crippen molar-refractivity contribution in [2.75, 3.05) is 18.0 Å². The standard InChI is InChI=1S/C19H20ClNO4S/c1-13-10-16(6-7-18(13)20)26(23,24)21-12-14(4-3-9-22)17-11-15(25-2)5-8-19(17)21/h5-11,14H,3-4,12H2,1-2H3. The first-order chi connectivity index (χ1) is 12.4. The summed E-state index contributed by atoms with van der Waals surface area (Å²) in [6.45, 7) is 2.08. The van der Waals surface area contributed by atoms with Gasteiger partial charge in [-0.2, -0.15) is 0 Å². The number of rotatable bonds is 6. The van der Waals surface area contributed by atoms with Gasteiger partial charge < -0.3 is 9.53 Å². The highest BCUT2D eigenvalue weighted by Crippen LogP contribution is 2.43. The summed E-state index contributed by atoms with van der Waals surface area (Å²) in [7, 11) is -2.15. The third-order valence-electron chi connectivity index (χ3n) is 4.68. The predicted octanol–water partition coefficient (Wildman–Crippen LogP) is 3.93. The average Bonchev–Trinajstić information content (AvgIpc) is 3.00. The van der Waals surface area contributed by atoms with Gasteiger partial charge in [0.1, 0.15) is 12.0 Å². The Bertz CT molecular complexity index is 943. The maximum Gasteiger partial charge on any atom is 0.264 e. The average molecular weight is 394 g/mol. The van der Waals surface area contributed by atoms with E-state index in [1.54, 1.807) is 38.3 Å². The molecule has 5 nitrogen and oxygen atoms in total. The Kier molecular flexibility index (Phi) is 5.25. The summed E-state index contributed by atoms with van der Waals surface area (Å²) in [5.74, 6) is 0.620. The normalized spacial score (nSPS) is 16.4. The van der Waals surface area contributed by atoms with Crippen molar-refractivity contribution in [3.05, 3.63) is 52.5 Å². The van der Waals surface area contributed by atoms with Crippen molar-refractivity contribution in [2.24, 2.45) is 0 Å². The van der Waals surface area contributed by atoms with Crippen LogP contribution in [0.5, 0.6) is 5.75 Å². The van der Waals surface area contributed by atoms with Crippen molar-refractivity contribution in [2.45, 2.75) is 30.6 Å². The number of methoxy groups -OCH3 is 1. The van der Waals surface area contributed by atoms with Crippen molar-refractivity contribution in [3.8, 4) is 5.75 Å². The highest BCUT2D eigenvalue weighted by molar-refractivity contribution is 7.92. The third kappa shape index (κ3) is 3.31. The zero-order chi connectivity index (χ0) is 18.9. The van der Waals surface area contributed by atoms with Crippen LogP contribution in [0.1, 0.15) is 29.9 Å². The van der Waals surface area contributed by atoms with Crippen molar-refractivity contribution in [1.82, 2.24) is 0 Å². The number of benzene rings is 2. The maximum atomic E-state index is 13.2. The monoisotopic (exact) mass is 393 g/mol. The predicted molar refractivity (Wildman–Crippen MR) is 102 cm³/mol. The molecule has 0 saturated carbocycles. The lowest BCUT2D eigenvalue weighted by Crippen LogP contribution is -2.30. The van der Waals surface area contributed by atoms with Crippen molar-refractivity contribution in [1.29, 1.82) is 0 Å². The van der Waals surface area contributed by atoms with E-state index in [1.807, 2.05) is 6.07 Å². The summed E-state index contributed by atoms with van der Waals surface area (Å²) in [4.78, 5) is 11.0. The van der Waals surface area contributed by atoms with Crippen LogP contribution in [0.4, 0.5) is 5.69 Å². The van der Waals surface area contributed by atoms with Gasteiger partial charge in [-0.05, 0) is 60.9 Å². The second kappa shape index (κ2) is 7.29. The maximum absolute atomic E-state index is 13.2. The van der Waals surface area contributed by atoms with E-state index in [4.69, 9.17) is 16.3 Å². The Morgan fingerprint density at radius 1 is 1.27 bits per heavy atom. The van der Waals surface area contributed by atoms with Gasteiger partial charge in [-0.15, -0.1) is 0 Å². The fraction of sp³-hybridized carbons (Fsp3) is 0.316. The van der Waals surface area contributed by atoms with Gasteiger partial charge >= 0.3 is 0 Å². The van der Waals surface area contributed by atoms with Crippen LogP contribution in [0.15, 0.2) is 41.3 Å². The third-order valence-corrected chi connectivity index (χ3v) is 6.88. The molecular weight excluding hydrogens is 374 g/mol. The SMILES string of the molecule is COc1ccc2c(c1)C(CCC=O)CN2S(=O)(=O)c1ccc(Cl)c(C)c1. The Hall–Kier alpha value is -2.05. The lowest BCUT2D eigenvalue weighted by Gasteiger charge is -2.20. The summed E-state index contributed by atoms with van der Waals surface area (Å²) in [5, 5.41) is 0.527. The van der Waals surface area contributed by atoms with Gasteiger partial charge in [0, 0.05) is 23.9 Å². The van der Waals surface area contributed by atoms with Crippen LogP contribution in [-0.2, 0) is 14.8 Å². The topological polar surface area (TPSA) is 63.7 Å². The summed E-state index contributed by atoms with van der Waals surface area (Å²) in [6.07, 6.45) is 1.84. The summed E-state index contributed by atoms with van der Waals surface area (Å²) >= 11 is 6.03. The van der Waals surface area contributed by atoms with E-state index in [0.29, 0.717) is 41.4 Å². The van der Waals surface area contributed by atoms with Gasteiger partial charge in [0.15, 0.2) is 0 Å². The minimum Gasteiger partial charge on any atom is -0.497 e. The van der Waals surface area contributed by atoms with Gasteiger partial charge in [-0.1, -0.05) is 11.6 Å². The van der Waals surface area contributed by atoms with Crippen molar-refractivity contribution < 1.29 is 17.9 Å². The smallest absolute Gasteiger partial charge is 0.264 e. The Labute approximate surface area is 158 Å². The highest BCUT2D eigenvalue weighted by atomic mass is 35.5. The molecular formula is C19H20ClNO4S. The fourth-order valence-electron chi connectivity index (χ4n) is 3.26. The molecule has 0 aromatic heterocycles. The molecule has 0 bridgehead atoms. The number of aldehydes is 1. The number of fused-ring (bicyclic) bond motifs is 1. The Balaban J connectivity index is 2.05. The molecule has 1 aliphatic rings. The first-order valence-corrected chi connectivity index (χ1v) is 10.1. The van der Waals surface area contributed by atoms with E-state index >= 15 is 0 Å². The quantitative estimate of drug-likeness (QED) is 0.697. The molecule has 1 unspecified atom stereocenters. The second-order valence-electron chi connectivity index (χ2n) is 6.31. The molecule has 2 aromatic carbocycles. The molecule has 0 fully saturated rings. The molecule has 0 spiro atoms. The molecule has 7 heteroatoms. The van der Waals surface area contributed by atoms with E-state index in [1.165, 1.54) is 10.4 Å². The van der Waals surface area contributed by atoms with Gasteiger partial charge in [-0.25, -0.2) is 8.42 Å². The number of anilines is 1. The van der Waals surface area contributed by atoms with Gasteiger partial charge in [0.05, 0.1) is 17.7 Å². The number of ether oxygens (including phenoxy) is 1. The van der Waals surface area contributed by atoms with E-state index in [-0.39, 0.29) is 10.8 Å². The largest absolute Gasteiger partial charge is 0.497 e. The minimum absolute atomic E-state index is 0.0477. The first kappa shape index (κ1) is 18.7. The lowest BCUT2D eigenvalue weighted by molar-refractivity contribution is -0.108. The molecule has 1 atom stereocenters. The van der Waals surface area contributed by atoms with Crippen LogP contribution in [0.25, 0.3) is 0 Å². The Morgan fingerprint density at radius 3 is 2.69 bits per heavy atom. The number of nitrogens with zero attached hydrogens (tertiary/aromatic N) is 1. The molecule has 1 aliphatic heterocycles. The van der Waals surface area contributed by atoms with Crippen LogP contribution in [0, 0.1) is 6.92 Å². The second-order valence-corrected chi connectivity index (χ2v) is 8.58. The number of carbonyl (C=O) groups excluding carboxylic acids is 1. The number of hydrogen-bond donors (Lipinski definition) is 0. The van der Waals surface area contributed by atoms with E-state index in [0.717, 1.165) is 11.8 Å². The van der Waals surface area contributed by atoms with E-state index < -0.39 is 10.0 Å². The van der Waals surface area contributed by atoms with Gasteiger partial charge in [0.25, 0.3) is 10.0 Å². The summed E-state index contributed by atoms with van der Waals surface area (Å²) in [6, 6.07) is 10.1. The molecule has 0 N–H and O–H groups in total. The molecule has 2 aromatic rings. The van der Waals surface area contributed by atoms with Crippen LogP contribution < -0.4 is 9.04 Å². The lowest BCUT2D eigenvalue weighted by atomic mass is 9.96. The number of halogens is 1. The zero-order valence-electron chi connectivity index (χ0n) is 14.6. The molecule has 26 heavy (non-hydrogen) atoms. The molecule has 0 amide bonds. The van der Waals surface area contributed by atoms with Gasteiger partial charge in [-0.3, -0.25) is 4.31 Å². The molecule has 1 heterocycles. The fourth-order valence-corrected chi connectivity index (χ4v) is 5.00. The molecule has 0 saturated heterocycles. The number of aryl methyl sites for hydroxylation is 1. The number of carbonyl (C=O) groups is 1. The molecule has 0 aliphatic carbocycles. The Morgan fingerprint density at radius 2 is 2.04 bits per heavy atom. The van der Waals surface area contributed by atoms with Crippen LogP contribution >= 0.6 is 11.6 Å². The van der Waals surface area contributed by atoms with Crippen LogP contribution in [0.3, 0.4) is 0 Å². The van der Waals surface area contributed by atoms with E-state index in [9.17, 15) is 13.2 Å². The van der Waals surface area contributed by atoms with Crippen LogP contribution in [-0.4, -0.2) is 28.4 Å². The zero-order valence-corrected chi connectivity index (χ0v) is 16.2. The molecule has 138 valence electrons. The van der Waals surface area contributed by atoms with Gasteiger partial charge in [0.2, 0.25) is 0 Å². The summed E-state index contributed by atoms with van der Waals surface area (Å²) in [5.41, 5.74) is 2.23. The highest BCUT2D eigenvalue weighted by Gasteiger charge is 2.36. The number of hydrogen-bond acceptors (Lipinski definition) is 4. The molecule has 0 radical (unpaired) electrons. The first-order valence-electron chi connectivity index (χ1n) is 8.29. The number of sulfonamides is 1. The molecule has 3 rings (SSSR count). The van der Waals surface area contributed by atoms with Crippen LogP contribution in [0.2, 0.25) is 5.02 Å². The summed E-state index contributed by atoms with van der Waals surface area (Å²) < 4.78 is 33.1. The van der Waals surface area contributed by atoms with E-state index in [2.05, 4.69) is 0 Å². The minimum atomic E-state index is -3.72.